The van der Waals surface area contributed by atoms with Crippen molar-refractivity contribution in [3.8, 4) is 16.9 Å². The Kier molecular flexibility index (Phi) is 3.73. The molecule has 5 nitrogen and oxygen atoms in total. The van der Waals surface area contributed by atoms with Crippen LogP contribution in [0.3, 0.4) is 0 Å². The molecule has 1 aliphatic carbocycles. The van der Waals surface area contributed by atoms with Gasteiger partial charge in [0.15, 0.2) is 0 Å². The Morgan fingerprint density at radius 3 is 2.68 bits per heavy atom. The fraction of sp³-hybridized carbons (Fsp3) is 0.250. The fourth-order valence-corrected chi connectivity index (χ4v) is 2.90. The number of benzene rings is 2. The molecule has 0 radical (unpaired) electrons. The summed E-state index contributed by atoms with van der Waals surface area (Å²) < 4.78 is 11.1. The molecule has 1 aliphatic rings. The average molecular weight is 337 g/mol. The number of ether oxygens (including phenoxy) is 1. The molecule has 2 aromatic carbocycles. The normalized spacial score (nSPS) is 15.1. The standard InChI is InChI=1S/C20H19NO4/c1-24-14-7-8-15-16(11-14)25-18(17(15)13-5-3-2-4-6-13)19(22)21-12-20(23)9-10-20/h2-8,11,23H,9-10,12H2,1H3,(H,21,22). The lowest BCUT2D eigenvalue weighted by atomic mass is 10.0. The van der Waals surface area contributed by atoms with Crippen LogP contribution < -0.4 is 10.1 Å². The molecule has 3 aromatic rings. The third-order valence-corrected chi connectivity index (χ3v) is 4.57. The molecule has 5 heteroatoms. The van der Waals surface area contributed by atoms with Crippen LogP contribution in [0, 0.1) is 0 Å². The lowest BCUT2D eigenvalue weighted by molar-refractivity contribution is 0.0872. The van der Waals surface area contributed by atoms with Gasteiger partial charge < -0.3 is 19.6 Å². The van der Waals surface area contributed by atoms with Crippen LogP contribution in [0.15, 0.2) is 52.9 Å². The highest BCUT2D eigenvalue weighted by atomic mass is 16.5. The van der Waals surface area contributed by atoms with Gasteiger partial charge in [-0.3, -0.25) is 4.79 Å². The monoisotopic (exact) mass is 337 g/mol. The van der Waals surface area contributed by atoms with Crippen molar-refractivity contribution in [3.05, 3.63) is 54.3 Å². The van der Waals surface area contributed by atoms with Crippen LogP contribution in [0.1, 0.15) is 23.4 Å². The van der Waals surface area contributed by atoms with Crippen molar-refractivity contribution in [1.29, 1.82) is 0 Å². The summed E-state index contributed by atoms with van der Waals surface area (Å²) in [5.74, 6) is 0.591. The van der Waals surface area contributed by atoms with Gasteiger partial charge in [-0.2, -0.15) is 0 Å². The maximum Gasteiger partial charge on any atom is 0.287 e. The Balaban J connectivity index is 1.79. The first-order valence-corrected chi connectivity index (χ1v) is 8.26. The van der Waals surface area contributed by atoms with E-state index in [9.17, 15) is 9.90 Å². The van der Waals surface area contributed by atoms with Crippen molar-refractivity contribution in [2.45, 2.75) is 18.4 Å². The van der Waals surface area contributed by atoms with Crippen molar-refractivity contribution >= 4 is 16.9 Å². The molecule has 0 saturated heterocycles. The van der Waals surface area contributed by atoms with E-state index in [1.807, 2.05) is 42.5 Å². The minimum Gasteiger partial charge on any atom is -0.497 e. The molecule has 25 heavy (non-hydrogen) atoms. The maximum absolute atomic E-state index is 12.7. The summed E-state index contributed by atoms with van der Waals surface area (Å²) in [4.78, 5) is 12.7. The molecule has 1 heterocycles. The highest BCUT2D eigenvalue weighted by Crippen LogP contribution is 2.37. The van der Waals surface area contributed by atoms with Gasteiger partial charge in [-0.25, -0.2) is 0 Å². The van der Waals surface area contributed by atoms with Crippen LogP contribution in [0.25, 0.3) is 22.1 Å². The van der Waals surface area contributed by atoms with Gasteiger partial charge in [-0.15, -0.1) is 0 Å². The minimum atomic E-state index is -0.752. The summed E-state index contributed by atoms with van der Waals surface area (Å²) in [6.45, 7) is 0.237. The number of amides is 1. The van der Waals surface area contributed by atoms with Crippen LogP contribution in [0.2, 0.25) is 0 Å². The number of hydrogen-bond donors (Lipinski definition) is 2. The van der Waals surface area contributed by atoms with Crippen molar-refractivity contribution in [1.82, 2.24) is 5.32 Å². The molecule has 1 saturated carbocycles. The zero-order chi connectivity index (χ0) is 17.4. The smallest absolute Gasteiger partial charge is 0.287 e. The van der Waals surface area contributed by atoms with E-state index in [0.29, 0.717) is 11.3 Å². The van der Waals surface area contributed by atoms with Gasteiger partial charge in [-0.05, 0) is 30.5 Å². The van der Waals surface area contributed by atoms with Crippen molar-refractivity contribution in [3.63, 3.8) is 0 Å². The average Bonchev–Trinajstić information content (AvgIpc) is 3.26. The number of nitrogens with one attached hydrogen (secondary N) is 1. The Labute approximate surface area is 145 Å². The lowest BCUT2D eigenvalue weighted by Crippen LogP contribution is -2.33. The summed E-state index contributed by atoms with van der Waals surface area (Å²) in [5, 5.41) is 13.6. The highest BCUT2D eigenvalue weighted by Gasteiger charge is 2.40. The summed E-state index contributed by atoms with van der Waals surface area (Å²) in [5.41, 5.74) is 1.49. The van der Waals surface area contributed by atoms with Gasteiger partial charge in [0.25, 0.3) is 5.91 Å². The number of carbonyl (C=O) groups excluding carboxylic acids is 1. The first-order valence-electron chi connectivity index (χ1n) is 8.26. The molecular weight excluding hydrogens is 318 g/mol. The molecule has 1 aromatic heterocycles. The number of rotatable bonds is 5. The van der Waals surface area contributed by atoms with E-state index in [4.69, 9.17) is 9.15 Å². The molecule has 0 aliphatic heterocycles. The van der Waals surface area contributed by atoms with Crippen LogP contribution in [0.4, 0.5) is 0 Å². The molecule has 2 N–H and O–H groups in total. The Morgan fingerprint density at radius 1 is 1.24 bits per heavy atom. The predicted octanol–water partition coefficient (Wildman–Crippen LogP) is 3.36. The molecule has 1 fully saturated rings. The largest absolute Gasteiger partial charge is 0.497 e. The minimum absolute atomic E-state index is 0.237. The summed E-state index contributed by atoms with van der Waals surface area (Å²) >= 11 is 0. The van der Waals surface area contributed by atoms with Crippen molar-refractivity contribution in [2.75, 3.05) is 13.7 Å². The summed E-state index contributed by atoms with van der Waals surface area (Å²) in [6.07, 6.45) is 1.44. The van der Waals surface area contributed by atoms with Crippen LogP contribution in [0.5, 0.6) is 5.75 Å². The van der Waals surface area contributed by atoms with Crippen molar-refractivity contribution in [2.24, 2.45) is 0 Å². The van der Waals surface area contributed by atoms with E-state index < -0.39 is 5.60 Å². The second-order valence-corrected chi connectivity index (χ2v) is 6.44. The zero-order valence-corrected chi connectivity index (χ0v) is 13.9. The second kappa shape index (κ2) is 5.93. The number of carbonyl (C=O) groups is 1. The number of aliphatic hydroxyl groups is 1. The Hall–Kier alpha value is -2.79. The van der Waals surface area contributed by atoms with E-state index in [2.05, 4.69) is 5.32 Å². The zero-order valence-electron chi connectivity index (χ0n) is 13.9. The number of hydrogen-bond acceptors (Lipinski definition) is 4. The summed E-state index contributed by atoms with van der Waals surface area (Å²) in [6, 6.07) is 15.2. The van der Waals surface area contributed by atoms with Gasteiger partial charge in [0.1, 0.15) is 11.3 Å². The van der Waals surface area contributed by atoms with E-state index in [1.165, 1.54) is 0 Å². The van der Waals surface area contributed by atoms with Crippen LogP contribution >= 0.6 is 0 Å². The highest BCUT2D eigenvalue weighted by molar-refractivity contribution is 6.08. The molecule has 0 atom stereocenters. The van der Waals surface area contributed by atoms with Crippen molar-refractivity contribution < 1.29 is 19.1 Å². The Bertz CT molecular complexity index is 926. The van der Waals surface area contributed by atoms with Crippen LogP contribution in [-0.4, -0.2) is 30.3 Å². The molecule has 0 unspecified atom stereocenters. The van der Waals surface area contributed by atoms with Gasteiger partial charge >= 0.3 is 0 Å². The third-order valence-electron chi connectivity index (χ3n) is 4.57. The first kappa shape index (κ1) is 15.7. The van der Waals surface area contributed by atoms with Gasteiger partial charge in [0.2, 0.25) is 5.76 Å². The van der Waals surface area contributed by atoms with E-state index >= 15 is 0 Å². The van der Waals surface area contributed by atoms with Gasteiger partial charge in [0.05, 0.1) is 12.7 Å². The van der Waals surface area contributed by atoms with E-state index in [1.54, 1.807) is 13.2 Å². The Morgan fingerprint density at radius 2 is 2.00 bits per heavy atom. The number of methoxy groups -OCH3 is 1. The maximum atomic E-state index is 12.7. The molecule has 1 amide bonds. The van der Waals surface area contributed by atoms with Crippen LogP contribution in [-0.2, 0) is 0 Å². The predicted molar refractivity (Wildman–Crippen MR) is 94.7 cm³/mol. The topological polar surface area (TPSA) is 71.7 Å². The SMILES string of the molecule is COc1ccc2c(-c3ccccc3)c(C(=O)NCC3(O)CC3)oc2c1. The molecule has 128 valence electrons. The van der Waals surface area contributed by atoms with E-state index in [-0.39, 0.29) is 18.2 Å². The third kappa shape index (κ3) is 2.98. The molecule has 0 spiro atoms. The fourth-order valence-electron chi connectivity index (χ4n) is 2.90. The second-order valence-electron chi connectivity index (χ2n) is 6.44. The molecule has 0 bridgehead atoms. The van der Waals surface area contributed by atoms with Gasteiger partial charge in [0, 0.05) is 23.6 Å². The molecule has 4 rings (SSSR count). The quantitative estimate of drug-likeness (QED) is 0.749. The number of fused-ring (bicyclic) bond motifs is 1. The lowest BCUT2D eigenvalue weighted by Gasteiger charge is -2.09. The van der Waals surface area contributed by atoms with Gasteiger partial charge in [-0.1, -0.05) is 30.3 Å². The first-order chi connectivity index (χ1) is 12.1. The molecular formula is C20H19NO4. The number of furan rings is 1. The summed E-state index contributed by atoms with van der Waals surface area (Å²) in [7, 11) is 1.59. The van der Waals surface area contributed by atoms with E-state index in [0.717, 1.165) is 29.4 Å².